The van der Waals surface area contributed by atoms with Gasteiger partial charge in [-0.3, -0.25) is 28.9 Å². The number of aromatic hydroxyl groups is 1. The third kappa shape index (κ3) is 4.16. The standard InChI is InChI=1S/C32H36N2O7/c1-31(2,3)17-9-7-15(8-10-17)18-11-12-21(35)23-19(18)13-16-14-20-25(34(5)6)27(37)24(30(40)33-4)29(39)32(20,41)28(38)22(16)26(23)36/h7-12,16,20,22,24-25,35,41H,13-14H2,1-6H3,(H,33,40)/t16-,20-,22?,24?,25?,32-/m0/s1. The van der Waals surface area contributed by atoms with Crippen molar-refractivity contribution in [1.29, 1.82) is 0 Å². The number of amides is 1. The summed E-state index contributed by atoms with van der Waals surface area (Å²) < 4.78 is 0. The summed E-state index contributed by atoms with van der Waals surface area (Å²) in [5.74, 6) is -9.73. The van der Waals surface area contributed by atoms with Crippen LogP contribution in [0.25, 0.3) is 11.1 Å². The molecule has 0 bridgehead atoms. The molecule has 3 aliphatic rings. The summed E-state index contributed by atoms with van der Waals surface area (Å²) in [5, 5.41) is 24.9. The van der Waals surface area contributed by atoms with Crippen molar-refractivity contribution in [2.45, 2.75) is 50.7 Å². The molecule has 3 aliphatic carbocycles. The molecule has 5 rings (SSSR count). The molecule has 3 unspecified atom stereocenters. The number of carbonyl (C=O) groups excluding carboxylic acids is 5. The van der Waals surface area contributed by atoms with E-state index in [1.807, 2.05) is 24.3 Å². The van der Waals surface area contributed by atoms with Crippen molar-refractivity contribution >= 4 is 29.0 Å². The minimum absolute atomic E-state index is 0.00499. The van der Waals surface area contributed by atoms with Gasteiger partial charge in [0, 0.05) is 13.0 Å². The van der Waals surface area contributed by atoms with E-state index in [1.54, 1.807) is 20.2 Å². The number of hydrogen-bond donors (Lipinski definition) is 3. The third-order valence-corrected chi connectivity index (χ3v) is 9.23. The SMILES string of the molecule is CNC(=O)C1C(=O)C(N(C)C)[C@@H]2C[C@@H]3Cc4c(-c5ccc(C(C)(C)C)cc5)ccc(O)c4C(=O)C3C(=O)[C@]2(O)C1=O. The Morgan fingerprint density at radius 2 is 1.63 bits per heavy atom. The second-order valence-electron chi connectivity index (χ2n) is 12.8. The van der Waals surface area contributed by atoms with Crippen molar-refractivity contribution in [3.8, 4) is 16.9 Å². The minimum atomic E-state index is -2.69. The van der Waals surface area contributed by atoms with Crippen LogP contribution in [0, 0.1) is 23.7 Å². The van der Waals surface area contributed by atoms with Crippen molar-refractivity contribution in [3.63, 3.8) is 0 Å². The van der Waals surface area contributed by atoms with Crippen LogP contribution in [0.15, 0.2) is 36.4 Å². The Kier molecular flexibility index (Phi) is 6.82. The number of fused-ring (bicyclic) bond motifs is 3. The van der Waals surface area contributed by atoms with E-state index in [9.17, 15) is 34.2 Å². The molecule has 0 radical (unpaired) electrons. The molecule has 2 fully saturated rings. The van der Waals surface area contributed by atoms with E-state index < -0.39 is 64.4 Å². The molecule has 6 atom stereocenters. The number of carbonyl (C=O) groups is 5. The quantitative estimate of drug-likeness (QED) is 0.485. The maximum absolute atomic E-state index is 14.0. The molecule has 41 heavy (non-hydrogen) atoms. The number of hydrogen-bond acceptors (Lipinski definition) is 8. The van der Waals surface area contributed by atoms with Crippen LogP contribution in [-0.4, -0.2) is 76.9 Å². The predicted octanol–water partition coefficient (Wildman–Crippen LogP) is 2.09. The highest BCUT2D eigenvalue weighted by Gasteiger charge is 2.69. The number of nitrogens with zero attached hydrogens (tertiary/aromatic N) is 1. The Morgan fingerprint density at radius 1 is 1.00 bits per heavy atom. The summed E-state index contributed by atoms with van der Waals surface area (Å²) in [6.07, 6.45) is 0.271. The second-order valence-corrected chi connectivity index (χ2v) is 12.8. The van der Waals surface area contributed by atoms with E-state index in [4.69, 9.17) is 0 Å². The first-order valence-corrected chi connectivity index (χ1v) is 13.9. The van der Waals surface area contributed by atoms with Crippen molar-refractivity contribution in [3.05, 3.63) is 53.1 Å². The summed E-state index contributed by atoms with van der Waals surface area (Å²) >= 11 is 0. The molecule has 3 N–H and O–H groups in total. The molecule has 1 amide bonds. The fourth-order valence-electron chi connectivity index (χ4n) is 7.15. The number of benzene rings is 2. The monoisotopic (exact) mass is 560 g/mol. The molecule has 9 nitrogen and oxygen atoms in total. The van der Waals surface area contributed by atoms with Crippen LogP contribution < -0.4 is 5.32 Å². The van der Waals surface area contributed by atoms with Gasteiger partial charge in [-0.2, -0.15) is 0 Å². The van der Waals surface area contributed by atoms with Gasteiger partial charge in [-0.15, -0.1) is 0 Å². The van der Waals surface area contributed by atoms with Crippen LogP contribution in [0.3, 0.4) is 0 Å². The molecular weight excluding hydrogens is 524 g/mol. The summed E-state index contributed by atoms with van der Waals surface area (Å²) in [6, 6.07) is 10.1. The van der Waals surface area contributed by atoms with Crippen LogP contribution in [-0.2, 0) is 31.0 Å². The zero-order valence-corrected chi connectivity index (χ0v) is 24.1. The van der Waals surface area contributed by atoms with Crippen LogP contribution in [0.1, 0.15) is 48.7 Å². The largest absolute Gasteiger partial charge is 0.507 e. The van der Waals surface area contributed by atoms with Crippen molar-refractivity contribution in [1.82, 2.24) is 10.2 Å². The highest BCUT2D eigenvalue weighted by atomic mass is 16.3. The highest BCUT2D eigenvalue weighted by Crippen LogP contribution is 2.51. The fraction of sp³-hybridized carbons (Fsp3) is 0.469. The summed E-state index contributed by atoms with van der Waals surface area (Å²) in [5.41, 5.74) is 0.592. The number of likely N-dealkylation sites (N-methyl/N-ethyl adjacent to an activating group) is 1. The first-order valence-electron chi connectivity index (χ1n) is 13.9. The van der Waals surface area contributed by atoms with Crippen molar-refractivity contribution in [2.75, 3.05) is 21.1 Å². The van der Waals surface area contributed by atoms with Gasteiger partial charge >= 0.3 is 0 Å². The maximum atomic E-state index is 14.0. The normalized spacial score (nSPS) is 29.6. The number of rotatable bonds is 3. The molecule has 2 saturated carbocycles. The number of phenolic OH excluding ortho intramolecular Hbond substituents is 1. The van der Waals surface area contributed by atoms with Gasteiger partial charge < -0.3 is 15.5 Å². The Bertz CT molecular complexity index is 1490. The molecule has 0 aromatic heterocycles. The molecule has 216 valence electrons. The molecule has 9 heteroatoms. The van der Waals surface area contributed by atoms with Gasteiger partial charge in [0.25, 0.3) is 0 Å². The molecule has 0 saturated heterocycles. The molecular formula is C32H36N2O7. The van der Waals surface area contributed by atoms with Crippen LogP contribution in [0.4, 0.5) is 0 Å². The Labute approximate surface area is 238 Å². The lowest BCUT2D eigenvalue weighted by Crippen LogP contribution is -2.74. The van der Waals surface area contributed by atoms with Gasteiger partial charge in [0.2, 0.25) is 5.91 Å². The first kappa shape index (κ1) is 28.8. The van der Waals surface area contributed by atoms with E-state index in [2.05, 4.69) is 26.1 Å². The number of aliphatic hydroxyl groups is 1. The number of ketones is 4. The van der Waals surface area contributed by atoms with Gasteiger partial charge in [0.15, 0.2) is 34.7 Å². The summed E-state index contributed by atoms with van der Waals surface area (Å²) in [6.45, 7) is 6.34. The van der Waals surface area contributed by atoms with Gasteiger partial charge in [0.05, 0.1) is 17.5 Å². The molecule has 0 aliphatic heterocycles. The smallest absolute Gasteiger partial charge is 0.238 e. The minimum Gasteiger partial charge on any atom is -0.507 e. The Balaban J connectivity index is 1.62. The fourth-order valence-corrected chi connectivity index (χ4v) is 7.15. The second kappa shape index (κ2) is 9.70. The molecule has 0 heterocycles. The lowest BCUT2D eigenvalue weighted by molar-refractivity contribution is -0.181. The van der Waals surface area contributed by atoms with E-state index in [0.29, 0.717) is 5.56 Å². The lowest BCUT2D eigenvalue weighted by atomic mass is 9.52. The molecule has 2 aromatic rings. The van der Waals surface area contributed by atoms with Gasteiger partial charge in [-0.1, -0.05) is 51.1 Å². The topological polar surface area (TPSA) is 141 Å². The summed E-state index contributed by atoms with van der Waals surface area (Å²) in [7, 11) is 4.45. The molecule has 0 spiro atoms. The zero-order chi connectivity index (χ0) is 30.2. The van der Waals surface area contributed by atoms with Crippen LogP contribution in [0.2, 0.25) is 0 Å². The summed E-state index contributed by atoms with van der Waals surface area (Å²) in [4.78, 5) is 69.1. The maximum Gasteiger partial charge on any atom is 0.238 e. The zero-order valence-electron chi connectivity index (χ0n) is 24.1. The van der Waals surface area contributed by atoms with E-state index in [1.165, 1.54) is 18.0 Å². The predicted molar refractivity (Wildman–Crippen MR) is 150 cm³/mol. The van der Waals surface area contributed by atoms with Crippen LogP contribution >= 0.6 is 0 Å². The van der Waals surface area contributed by atoms with Gasteiger partial charge in [-0.05, 0) is 66.6 Å². The average molecular weight is 561 g/mol. The Morgan fingerprint density at radius 3 is 2.20 bits per heavy atom. The van der Waals surface area contributed by atoms with E-state index in [0.717, 1.165) is 16.7 Å². The number of phenols is 1. The van der Waals surface area contributed by atoms with E-state index >= 15 is 0 Å². The highest BCUT2D eigenvalue weighted by molar-refractivity contribution is 6.32. The average Bonchev–Trinajstić information content (AvgIpc) is 2.90. The Hall–Kier alpha value is -3.69. The third-order valence-electron chi connectivity index (χ3n) is 9.23. The molecule has 2 aromatic carbocycles. The van der Waals surface area contributed by atoms with Crippen LogP contribution in [0.5, 0.6) is 5.75 Å². The number of Topliss-reactive ketones (excluding diaryl/α,β-unsaturated/α-hetero) is 4. The first-order chi connectivity index (χ1) is 19.1. The lowest BCUT2D eigenvalue weighted by Gasteiger charge is -2.52. The van der Waals surface area contributed by atoms with Crippen molar-refractivity contribution < 1.29 is 34.2 Å². The van der Waals surface area contributed by atoms with Crippen molar-refractivity contribution in [2.24, 2.45) is 23.7 Å². The van der Waals surface area contributed by atoms with Gasteiger partial charge in [-0.25, -0.2) is 0 Å². The number of nitrogens with one attached hydrogen (secondary N) is 1. The van der Waals surface area contributed by atoms with Gasteiger partial charge in [0.1, 0.15) is 5.75 Å². The van der Waals surface area contributed by atoms with E-state index in [-0.39, 0.29) is 29.6 Å².